The van der Waals surface area contributed by atoms with Crippen LogP contribution in [0.3, 0.4) is 0 Å². The summed E-state index contributed by atoms with van der Waals surface area (Å²) < 4.78 is 13.0. The Bertz CT molecular complexity index is 702. The Hall–Kier alpha value is -2.23. The standard InChI is InChI=1S/C19H21FN2O/c1-19(2,3)22-18(23)16-10-15(16)13-6-9-17(21-11-13)12-4-7-14(20)8-5-12/h4-9,11,15-16H,10H2,1-3H3,(H,22,23)/t15-,16+/m0/s1. The van der Waals surface area contributed by atoms with Crippen LogP contribution in [0.1, 0.15) is 38.7 Å². The molecule has 2 aromatic rings. The van der Waals surface area contributed by atoms with Gasteiger partial charge in [-0.2, -0.15) is 0 Å². The van der Waals surface area contributed by atoms with Crippen molar-refractivity contribution in [3.63, 3.8) is 0 Å². The van der Waals surface area contributed by atoms with E-state index in [-0.39, 0.29) is 29.1 Å². The second kappa shape index (κ2) is 5.76. The molecule has 3 rings (SSSR count). The van der Waals surface area contributed by atoms with E-state index in [2.05, 4.69) is 10.3 Å². The van der Waals surface area contributed by atoms with Gasteiger partial charge in [0.1, 0.15) is 5.82 Å². The Morgan fingerprint density at radius 2 is 1.87 bits per heavy atom. The summed E-state index contributed by atoms with van der Waals surface area (Å²) in [4.78, 5) is 16.6. The number of aromatic nitrogens is 1. The fourth-order valence-electron chi connectivity index (χ4n) is 2.73. The summed E-state index contributed by atoms with van der Waals surface area (Å²) in [6, 6.07) is 10.2. The minimum atomic E-state index is -0.254. The van der Waals surface area contributed by atoms with Crippen LogP contribution in [0.15, 0.2) is 42.6 Å². The quantitative estimate of drug-likeness (QED) is 0.934. The first-order valence-corrected chi connectivity index (χ1v) is 7.87. The van der Waals surface area contributed by atoms with Crippen molar-refractivity contribution in [3.05, 3.63) is 54.0 Å². The minimum absolute atomic E-state index is 0.0488. The van der Waals surface area contributed by atoms with E-state index in [0.29, 0.717) is 0 Å². The van der Waals surface area contributed by atoms with E-state index in [4.69, 9.17) is 0 Å². The van der Waals surface area contributed by atoms with Crippen molar-refractivity contribution in [2.24, 2.45) is 5.92 Å². The van der Waals surface area contributed by atoms with Crippen LogP contribution in [-0.4, -0.2) is 16.4 Å². The summed E-state index contributed by atoms with van der Waals surface area (Å²) in [6.07, 6.45) is 2.70. The van der Waals surface area contributed by atoms with Crippen molar-refractivity contribution in [3.8, 4) is 11.3 Å². The maximum atomic E-state index is 13.0. The predicted octanol–water partition coefficient (Wildman–Crippen LogP) is 3.91. The number of nitrogens with zero attached hydrogens (tertiary/aromatic N) is 1. The summed E-state index contributed by atoms with van der Waals surface area (Å²) in [5, 5.41) is 3.03. The lowest BCUT2D eigenvalue weighted by molar-refractivity contribution is -0.123. The first kappa shape index (κ1) is 15.7. The van der Waals surface area contributed by atoms with Crippen LogP contribution in [-0.2, 0) is 4.79 Å². The van der Waals surface area contributed by atoms with Crippen LogP contribution in [0, 0.1) is 11.7 Å². The molecule has 120 valence electrons. The highest BCUT2D eigenvalue weighted by Gasteiger charge is 2.44. The van der Waals surface area contributed by atoms with Crippen LogP contribution < -0.4 is 5.32 Å². The van der Waals surface area contributed by atoms with Gasteiger partial charge >= 0.3 is 0 Å². The van der Waals surface area contributed by atoms with E-state index >= 15 is 0 Å². The van der Waals surface area contributed by atoms with Crippen LogP contribution >= 0.6 is 0 Å². The third-order valence-corrected chi connectivity index (χ3v) is 3.98. The molecule has 0 saturated heterocycles. The Kier molecular flexibility index (Phi) is 3.92. The van der Waals surface area contributed by atoms with E-state index in [0.717, 1.165) is 23.2 Å². The number of carbonyl (C=O) groups is 1. The number of nitrogens with one attached hydrogen (secondary N) is 1. The Morgan fingerprint density at radius 1 is 1.17 bits per heavy atom. The predicted molar refractivity (Wildman–Crippen MR) is 88.4 cm³/mol. The number of hydrogen-bond acceptors (Lipinski definition) is 2. The van der Waals surface area contributed by atoms with Crippen molar-refractivity contribution in [1.82, 2.24) is 10.3 Å². The van der Waals surface area contributed by atoms with Gasteiger partial charge in [-0.25, -0.2) is 4.39 Å². The molecule has 1 aromatic carbocycles. The molecule has 2 atom stereocenters. The van der Waals surface area contributed by atoms with Crippen molar-refractivity contribution in [1.29, 1.82) is 0 Å². The molecular formula is C19H21FN2O. The maximum absolute atomic E-state index is 13.0. The van der Waals surface area contributed by atoms with Gasteiger partial charge in [-0.1, -0.05) is 6.07 Å². The molecule has 1 fully saturated rings. The molecule has 4 heteroatoms. The molecule has 1 N–H and O–H groups in total. The van der Waals surface area contributed by atoms with Gasteiger partial charge in [0.15, 0.2) is 0 Å². The van der Waals surface area contributed by atoms with Crippen LogP contribution in [0.25, 0.3) is 11.3 Å². The molecule has 1 aliphatic carbocycles. The van der Waals surface area contributed by atoms with Crippen molar-refractivity contribution < 1.29 is 9.18 Å². The average Bonchev–Trinajstić information content (AvgIpc) is 3.27. The van der Waals surface area contributed by atoms with Gasteiger partial charge in [0.25, 0.3) is 0 Å². The van der Waals surface area contributed by atoms with Crippen LogP contribution in [0.5, 0.6) is 0 Å². The molecule has 0 unspecified atom stereocenters. The maximum Gasteiger partial charge on any atom is 0.224 e. The molecule has 23 heavy (non-hydrogen) atoms. The van der Waals surface area contributed by atoms with Gasteiger partial charge in [-0.3, -0.25) is 9.78 Å². The Balaban J connectivity index is 1.67. The lowest BCUT2D eigenvalue weighted by Gasteiger charge is -2.20. The molecule has 3 nitrogen and oxygen atoms in total. The smallest absolute Gasteiger partial charge is 0.224 e. The number of pyridine rings is 1. The Labute approximate surface area is 135 Å². The van der Waals surface area contributed by atoms with Gasteiger partial charge in [-0.15, -0.1) is 0 Å². The topological polar surface area (TPSA) is 42.0 Å². The lowest BCUT2D eigenvalue weighted by atomic mass is 10.1. The number of hydrogen-bond donors (Lipinski definition) is 1. The first-order chi connectivity index (χ1) is 10.8. The first-order valence-electron chi connectivity index (χ1n) is 7.87. The van der Waals surface area contributed by atoms with E-state index in [1.165, 1.54) is 12.1 Å². The van der Waals surface area contributed by atoms with Crippen LogP contribution in [0.2, 0.25) is 0 Å². The molecule has 1 aliphatic rings. The number of halogens is 1. The van der Waals surface area contributed by atoms with E-state index in [1.54, 1.807) is 12.1 Å². The molecular weight excluding hydrogens is 291 g/mol. The molecule has 0 spiro atoms. The van der Waals surface area contributed by atoms with E-state index in [9.17, 15) is 9.18 Å². The highest BCUT2D eigenvalue weighted by Crippen LogP contribution is 2.47. The van der Waals surface area contributed by atoms with Gasteiger partial charge in [-0.05, 0) is 69.0 Å². The van der Waals surface area contributed by atoms with E-state index < -0.39 is 0 Å². The normalized spacial score (nSPS) is 20.2. The summed E-state index contributed by atoms with van der Waals surface area (Å²) in [6.45, 7) is 5.96. The Morgan fingerprint density at radius 3 is 2.43 bits per heavy atom. The third-order valence-electron chi connectivity index (χ3n) is 3.98. The van der Waals surface area contributed by atoms with E-state index in [1.807, 2.05) is 39.1 Å². The molecule has 0 bridgehead atoms. The molecule has 0 radical (unpaired) electrons. The second-order valence-electron chi connectivity index (χ2n) is 7.17. The number of rotatable bonds is 3. The lowest BCUT2D eigenvalue weighted by Crippen LogP contribution is -2.41. The fourth-order valence-corrected chi connectivity index (χ4v) is 2.73. The van der Waals surface area contributed by atoms with Crippen molar-refractivity contribution >= 4 is 5.91 Å². The molecule has 1 amide bonds. The summed E-state index contributed by atoms with van der Waals surface area (Å²) in [7, 11) is 0. The van der Waals surface area contributed by atoms with Crippen molar-refractivity contribution in [2.75, 3.05) is 0 Å². The summed E-state index contributed by atoms with van der Waals surface area (Å²) in [5.74, 6) is 0.168. The average molecular weight is 312 g/mol. The molecule has 0 aliphatic heterocycles. The largest absolute Gasteiger partial charge is 0.351 e. The van der Waals surface area contributed by atoms with Gasteiger partial charge in [0.2, 0.25) is 5.91 Å². The number of carbonyl (C=O) groups excluding carboxylic acids is 1. The van der Waals surface area contributed by atoms with Gasteiger partial charge in [0.05, 0.1) is 5.69 Å². The van der Waals surface area contributed by atoms with Gasteiger partial charge < -0.3 is 5.32 Å². The van der Waals surface area contributed by atoms with Gasteiger partial charge in [0, 0.05) is 23.2 Å². The second-order valence-corrected chi connectivity index (χ2v) is 7.17. The monoisotopic (exact) mass is 312 g/mol. The molecule has 1 heterocycles. The van der Waals surface area contributed by atoms with Crippen molar-refractivity contribution in [2.45, 2.75) is 38.6 Å². The zero-order valence-electron chi connectivity index (χ0n) is 13.6. The summed E-state index contributed by atoms with van der Waals surface area (Å²) >= 11 is 0. The minimum Gasteiger partial charge on any atom is -0.351 e. The highest BCUT2D eigenvalue weighted by atomic mass is 19.1. The number of amides is 1. The molecule has 1 aromatic heterocycles. The number of benzene rings is 1. The SMILES string of the molecule is CC(C)(C)NC(=O)[C@@H]1C[C@H]1c1ccc(-c2ccc(F)cc2)nc1. The zero-order chi connectivity index (χ0) is 16.6. The third kappa shape index (κ3) is 3.76. The molecule has 1 saturated carbocycles. The zero-order valence-corrected chi connectivity index (χ0v) is 13.6. The highest BCUT2D eigenvalue weighted by molar-refractivity contribution is 5.83. The summed E-state index contributed by atoms with van der Waals surface area (Å²) in [5.41, 5.74) is 2.58. The van der Waals surface area contributed by atoms with Crippen LogP contribution in [0.4, 0.5) is 4.39 Å². The fraction of sp³-hybridized carbons (Fsp3) is 0.368.